The number of benzene rings is 2. The van der Waals surface area contributed by atoms with Gasteiger partial charge in [-0.05, 0) is 81.7 Å². The quantitative estimate of drug-likeness (QED) is 0.601. The molecule has 1 heterocycles. The molecule has 1 saturated heterocycles. The molecule has 0 unspecified atom stereocenters. The molecule has 3 rings (SSSR count). The van der Waals surface area contributed by atoms with Crippen LogP contribution in [0.2, 0.25) is 0 Å². The number of likely N-dealkylation sites (tertiary alicyclic amines) is 1. The first-order valence-electron chi connectivity index (χ1n) is 10.7. The molecule has 6 nitrogen and oxygen atoms in total. The largest absolute Gasteiger partial charge is 0.352 e. The van der Waals surface area contributed by atoms with Gasteiger partial charge in [0.1, 0.15) is 5.82 Å². The van der Waals surface area contributed by atoms with Crippen molar-refractivity contribution in [3.63, 3.8) is 0 Å². The molecule has 31 heavy (non-hydrogen) atoms. The van der Waals surface area contributed by atoms with E-state index in [1.54, 1.807) is 25.1 Å². The predicted octanol–water partition coefficient (Wildman–Crippen LogP) is 3.93. The molecule has 1 aliphatic rings. The fraction of sp³-hybridized carbons (Fsp3) is 0.435. The Balaban J connectivity index is 1.55. The molecule has 0 saturated carbocycles. The molecular formula is C23H30FN3O3S. The van der Waals surface area contributed by atoms with Crippen molar-refractivity contribution in [2.24, 2.45) is 0 Å². The van der Waals surface area contributed by atoms with Crippen LogP contribution in [0.3, 0.4) is 0 Å². The van der Waals surface area contributed by atoms with Crippen LogP contribution in [-0.4, -0.2) is 45.4 Å². The fourth-order valence-corrected chi connectivity index (χ4v) is 4.71. The van der Waals surface area contributed by atoms with Gasteiger partial charge in [0.05, 0.1) is 4.90 Å². The minimum atomic E-state index is -3.96. The molecule has 1 fully saturated rings. The maximum atomic E-state index is 13.8. The number of hydrogen-bond acceptors (Lipinski definition) is 4. The number of carbonyl (C=O) groups excluding carboxylic acids is 1. The summed E-state index contributed by atoms with van der Waals surface area (Å²) < 4.78 is 41.3. The number of sulfonamides is 1. The number of rotatable bonds is 8. The zero-order chi connectivity index (χ0) is 22.3. The first-order valence-corrected chi connectivity index (χ1v) is 12.2. The van der Waals surface area contributed by atoms with E-state index in [1.165, 1.54) is 43.9 Å². The van der Waals surface area contributed by atoms with Gasteiger partial charge in [-0.1, -0.05) is 25.0 Å². The number of hydrogen-bond donors (Lipinski definition) is 2. The van der Waals surface area contributed by atoms with Crippen molar-refractivity contribution >= 4 is 21.6 Å². The number of amides is 1. The third kappa shape index (κ3) is 6.77. The maximum absolute atomic E-state index is 13.8. The average Bonchev–Trinajstić information content (AvgIpc) is 3.01. The van der Waals surface area contributed by atoms with Gasteiger partial charge in [-0.2, -0.15) is 0 Å². The molecule has 0 aliphatic carbocycles. The Hall–Kier alpha value is -2.45. The van der Waals surface area contributed by atoms with E-state index in [1.807, 2.05) is 0 Å². The van der Waals surface area contributed by atoms with Crippen molar-refractivity contribution in [2.45, 2.75) is 43.9 Å². The van der Waals surface area contributed by atoms with E-state index in [2.05, 4.69) is 14.9 Å². The van der Waals surface area contributed by atoms with E-state index < -0.39 is 15.8 Å². The minimum absolute atomic E-state index is 0.168. The molecule has 168 valence electrons. The summed E-state index contributed by atoms with van der Waals surface area (Å²) in [6, 6.07) is 10.0. The third-order valence-corrected chi connectivity index (χ3v) is 6.84. The Labute approximate surface area is 183 Å². The van der Waals surface area contributed by atoms with Crippen LogP contribution in [0, 0.1) is 12.7 Å². The summed E-state index contributed by atoms with van der Waals surface area (Å²) in [5, 5.41) is 2.90. The zero-order valence-corrected chi connectivity index (χ0v) is 18.7. The summed E-state index contributed by atoms with van der Waals surface area (Å²) in [5.41, 5.74) is 0.983. The third-order valence-electron chi connectivity index (χ3n) is 5.47. The predicted molar refractivity (Wildman–Crippen MR) is 120 cm³/mol. The summed E-state index contributed by atoms with van der Waals surface area (Å²) >= 11 is 0. The monoisotopic (exact) mass is 447 g/mol. The van der Waals surface area contributed by atoms with Crippen molar-refractivity contribution < 1.29 is 17.6 Å². The number of nitrogens with zero attached hydrogens (tertiary/aromatic N) is 1. The van der Waals surface area contributed by atoms with Crippen LogP contribution in [0.4, 0.5) is 10.1 Å². The molecule has 2 aromatic carbocycles. The van der Waals surface area contributed by atoms with Gasteiger partial charge in [0.15, 0.2) is 0 Å². The first kappa shape index (κ1) is 23.2. The van der Waals surface area contributed by atoms with E-state index in [0.29, 0.717) is 17.7 Å². The van der Waals surface area contributed by atoms with Gasteiger partial charge in [-0.25, -0.2) is 12.8 Å². The highest BCUT2D eigenvalue weighted by molar-refractivity contribution is 7.92. The SMILES string of the molecule is Cc1ccc(S(=O)(=O)Nc2cccc(C(=O)NCCCN3CCCCCC3)c2)cc1F. The molecule has 1 aliphatic heterocycles. The van der Waals surface area contributed by atoms with Crippen LogP contribution in [0.1, 0.15) is 48.0 Å². The highest BCUT2D eigenvalue weighted by atomic mass is 32.2. The Bertz CT molecular complexity index is 1000. The van der Waals surface area contributed by atoms with E-state index in [4.69, 9.17) is 0 Å². The van der Waals surface area contributed by atoms with Gasteiger partial charge in [0.25, 0.3) is 15.9 Å². The van der Waals surface area contributed by atoms with Gasteiger partial charge >= 0.3 is 0 Å². The lowest BCUT2D eigenvalue weighted by Gasteiger charge is -2.19. The van der Waals surface area contributed by atoms with Gasteiger partial charge in [0, 0.05) is 17.8 Å². The van der Waals surface area contributed by atoms with Crippen LogP contribution in [-0.2, 0) is 10.0 Å². The number of carbonyl (C=O) groups is 1. The number of aryl methyl sites for hydroxylation is 1. The molecular weight excluding hydrogens is 417 g/mol. The minimum Gasteiger partial charge on any atom is -0.352 e. The standard InChI is InChI=1S/C23H30FN3O3S/c1-18-10-11-21(17-22(18)24)31(29,30)26-20-9-6-8-19(16-20)23(28)25-12-7-15-27-13-4-2-3-5-14-27/h6,8-11,16-17,26H,2-5,7,12-15H2,1H3,(H,25,28). The molecule has 0 bridgehead atoms. The molecule has 0 aromatic heterocycles. The second-order valence-electron chi connectivity index (χ2n) is 7.96. The van der Waals surface area contributed by atoms with Crippen LogP contribution >= 0.6 is 0 Å². The lowest BCUT2D eigenvalue weighted by atomic mass is 10.2. The zero-order valence-electron chi connectivity index (χ0n) is 17.9. The summed E-state index contributed by atoms with van der Waals surface area (Å²) in [6.07, 6.45) is 5.95. The van der Waals surface area contributed by atoms with E-state index >= 15 is 0 Å². The van der Waals surface area contributed by atoms with Gasteiger partial charge in [0.2, 0.25) is 0 Å². The highest BCUT2D eigenvalue weighted by Crippen LogP contribution is 2.19. The van der Waals surface area contributed by atoms with Crippen molar-refractivity contribution in [2.75, 3.05) is 30.9 Å². The molecule has 0 radical (unpaired) electrons. The molecule has 0 spiro atoms. The average molecular weight is 448 g/mol. The molecule has 8 heteroatoms. The van der Waals surface area contributed by atoms with Crippen molar-refractivity contribution in [1.82, 2.24) is 10.2 Å². The van der Waals surface area contributed by atoms with E-state index in [-0.39, 0.29) is 16.5 Å². The molecule has 1 amide bonds. The smallest absolute Gasteiger partial charge is 0.261 e. The fourth-order valence-electron chi connectivity index (χ4n) is 3.65. The molecule has 2 N–H and O–H groups in total. The summed E-state index contributed by atoms with van der Waals surface area (Å²) in [5.74, 6) is -0.838. The maximum Gasteiger partial charge on any atom is 0.261 e. The second kappa shape index (κ2) is 10.7. The van der Waals surface area contributed by atoms with Gasteiger partial charge in [-0.15, -0.1) is 0 Å². The Kier molecular flexibility index (Phi) is 8.03. The summed E-state index contributed by atoms with van der Waals surface area (Å²) in [4.78, 5) is 14.7. The summed E-state index contributed by atoms with van der Waals surface area (Å²) in [6.45, 7) is 5.35. The highest BCUT2D eigenvalue weighted by Gasteiger charge is 2.17. The van der Waals surface area contributed by atoms with Crippen LogP contribution in [0.15, 0.2) is 47.4 Å². The Morgan fingerprint density at radius 3 is 2.52 bits per heavy atom. The number of nitrogens with one attached hydrogen (secondary N) is 2. The lowest BCUT2D eigenvalue weighted by Crippen LogP contribution is -2.30. The normalized spacial score (nSPS) is 15.3. The van der Waals surface area contributed by atoms with E-state index in [9.17, 15) is 17.6 Å². The Morgan fingerprint density at radius 1 is 1.06 bits per heavy atom. The Morgan fingerprint density at radius 2 is 1.81 bits per heavy atom. The van der Waals surface area contributed by atoms with Crippen LogP contribution in [0.25, 0.3) is 0 Å². The topological polar surface area (TPSA) is 78.5 Å². The summed E-state index contributed by atoms with van der Waals surface area (Å²) in [7, 11) is -3.96. The van der Waals surface area contributed by atoms with Crippen LogP contribution < -0.4 is 10.0 Å². The second-order valence-corrected chi connectivity index (χ2v) is 9.65. The first-order chi connectivity index (χ1) is 14.8. The van der Waals surface area contributed by atoms with Crippen molar-refractivity contribution in [3.05, 3.63) is 59.4 Å². The number of anilines is 1. The van der Waals surface area contributed by atoms with Crippen molar-refractivity contribution in [1.29, 1.82) is 0 Å². The van der Waals surface area contributed by atoms with E-state index in [0.717, 1.165) is 32.1 Å². The molecule has 2 aromatic rings. The van der Waals surface area contributed by atoms with Crippen molar-refractivity contribution in [3.8, 4) is 0 Å². The van der Waals surface area contributed by atoms with Crippen LogP contribution in [0.5, 0.6) is 0 Å². The van der Waals surface area contributed by atoms with Gasteiger partial charge in [-0.3, -0.25) is 9.52 Å². The number of halogens is 1. The van der Waals surface area contributed by atoms with Gasteiger partial charge < -0.3 is 10.2 Å². The molecule has 0 atom stereocenters. The lowest BCUT2D eigenvalue weighted by molar-refractivity contribution is 0.0951.